The molecule has 7 heteroatoms. The first-order valence-corrected chi connectivity index (χ1v) is 3.77. The fraction of sp³-hybridized carbons (Fsp3) is 0. The van der Waals surface area contributed by atoms with Crippen LogP contribution in [0.3, 0.4) is 0 Å². The minimum absolute atomic E-state index is 0.251. The van der Waals surface area contributed by atoms with Crippen LogP contribution in [0.15, 0.2) is 29.2 Å². The van der Waals surface area contributed by atoms with Gasteiger partial charge in [-0.2, -0.15) is 0 Å². The standard InChI is InChI=1S/C8H6N2O5/c11-3-1-4-14-5-2-7-6-8(10(12)13)15-9-7/h1-6H/b4-1+,5-2+. The van der Waals surface area contributed by atoms with Gasteiger partial charge < -0.3 is 4.74 Å². The molecule has 0 spiro atoms. The van der Waals surface area contributed by atoms with Crippen molar-refractivity contribution in [2.45, 2.75) is 0 Å². The summed E-state index contributed by atoms with van der Waals surface area (Å²) in [4.78, 5) is 19.3. The number of aldehydes is 1. The van der Waals surface area contributed by atoms with Gasteiger partial charge in [-0.15, -0.1) is 0 Å². The van der Waals surface area contributed by atoms with Crippen molar-refractivity contribution in [1.29, 1.82) is 0 Å². The third kappa shape index (κ3) is 3.43. The van der Waals surface area contributed by atoms with Gasteiger partial charge in [0.2, 0.25) is 0 Å². The second kappa shape index (κ2) is 5.32. The van der Waals surface area contributed by atoms with Gasteiger partial charge in [-0.25, -0.2) is 0 Å². The Hall–Kier alpha value is -2.44. The third-order valence-corrected chi connectivity index (χ3v) is 1.25. The molecule has 0 aliphatic rings. The van der Waals surface area contributed by atoms with Crippen molar-refractivity contribution >= 4 is 18.2 Å². The summed E-state index contributed by atoms with van der Waals surface area (Å²) in [5.74, 6) is -0.446. The quantitative estimate of drug-likeness (QED) is 0.239. The fourth-order valence-corrected chi connectivity index (χ4v) is 0.675. The van der Waals surface area contributed by atoms with Gasteiger partial charge in [-0.1, -0.05) is 5.16 Å². The molecule has 1 aromatic rings. The average molecular weight is 210 g/mol. The summed E-state index contributed by atoms with van der Waals surface area (Å²) in [6, 6.07) is 1.14. The van der Waals surface area contributed by atoms with Crippen LogP contribution < -0.4 is 0 Å². The van der Waals surface area contributed by atoms with Crippen molar-refractivity contribution < 1.29 is 19.0 Å². The molecule has 0 saturated carbocycles. The Morgan fingerprint density at radius 3 is 2.93 bits per heavy atom. The molecule has 15 heavy (non-hydrogen) atoms. The van der Waals surface area contributed by atoms with E-state index in [4.69, 9.17) is 4.74 Å². The van der Waals surface area contributed by atoms with Gasteiger partial charge in [0.1, 0.15) is 16.9 Å². The SMILES string of the molecule is O=C/C=C/O/C=C/c1cc([N+](=O)[O-])on1. The number of carbonyl (C=O) groups excluding carboxylic acids is 1. The lowest BCUT2D eigenvalue weighted by Crippen LogP contribution is -1.82. The van der Waals surface area contributed by atoms with E-state index in [9.17, 15) is 14.9 Å². The highest BCUT2D eigenvalue weighted by molar-refractivity contribution is 5.64. The molecule has 1 aromatic heterocycles. The first-order valence-electron chi connectivity index (χ1n) is 3.77. The van der Waals surface area contributed by atoms with E-state index in [-0.39, 0.29) is 5.69 Å². The number of aromatic nitrogens is 1. The molecule has 0 saturated heterocycles. The molecule has 0 unspecified atom stereocenters. The van der Waals surface area contributed by atoms with Gasteiger partial charge in [0.15, 0.2) is 0 Å². The van der Waals surface area contributed by atoms with Crippen LogP contribution in [0.1, 0.15) is 5.69 Å². The number of rotatable bonds is 5. The van der Waals surface area contributed by atoms with Gasteiger partial charge in [0, 0.05) is 12.2 Å². The van der Waals surface area contributed by atoms with Crippen molar-refractivity contribution in [1.82, 2.24) is 5.16 Å². The Labute approximate surface area is 83.8 Å². The molecule has 0 aliphatic carbocycles. The first-order chi connectivity index (χ1) is 7.24. The van der Waals surface area contributed by atoms with Crippen LogP contribution in [0.2, 0.25) is 0 Å². The summed E-state index contributed by atoms with van der Waals surface area (Å²) >= 11 is 0. The number of hydrogen-bond acceptors (Lipinski definition) is 6. The van der Waals surface area contributed by atoms with Gasteiger partial charge in [0.05, 0.1) is 18.6 Å². The van der Waals surface area contributed by atoms with Crippen molar-refractivity contribution in [2.75, 3.05) is 0 Å². The molecule has 0 aliphatic heterocycles. The zero-order valence-electron chi connectivity index (χ0n) is 7.40. The highest BCUT2D eigenvalue weighted by Gasteiger charge is 2.11. The Morgan fingerprint density at radius 2 is 2.33 bits per heavy atom. The molecule has 0 N–H and O–H groups in total. The molecule has 1 rings (SSSR count). The van der Waals surface area contributed by atoms with Crippen LogP contribution >= 0.6 is 0 Å². The van der Waals surface area contributed by atoms with Crippen LogP contribution in [-0.4, -0.2) is 16.4 Å². The molecule has 78 valence electrons. The van der Waals surface area contributed by atoms with Gasteiger partial charge >= 0.3 is 5.88 Å². The Morgan fingerprint density at radius 1 is 1.53 bits per heavy atom. The van der Waals surface area contributed by atoms with Crippen LogP contribution in [0.25, 0.3) is 6.08 Å². The van der Waals surface area contributed by atoms with Crippen molar-refractivity contribution in [3.63, 3.8) is 0 Å². The molecule has 0 amide bonds. The average Bonchev–Trinajstić information content (AvgIpc) is 2.66. The number of hydrogen-bond donors (Lipinski definition) is 0. The van der Waals surface area contributed by atoms with Gasteiger partial charge in [-0.05, 0) is 0 Å². The second-order valence-electron chi connectivity index (χ2n) is 2.25. The minimum Gasteiger partial charge on any atom is -0.472 e. The van der Waals surface area contributed by atoms with Gasteiger partial charge in [0.25, 0.3) is 0 Å². The van der Waals surface area contributed by atoms with Gasteiger partial charge in [-0.3, -0.25) is 19.4 Å². The largest absolute Gasteiger partial charge is 0.472 e. The number of ether oxygens (including phenoxy) is 1. The maximum absolute atomic E-state index is 10.2. The van der Waals surface area contributed by atoms with Crippen LogP contribution in [0.5, 0.6) is 0 Å². The Kier molecular flexibility index (Phi) is 3.78. The fourth-order valence-electron chi connectivity index (χ4n) is 0.675. The zero-order chi connectivity index (χ0) is 11.1. The maximum Gasteiger partial charge on any atom is 0.456 e. The van der Waals surface area contributed by atoms with E-state index in [0.29, 0.717) is 6.29 Å². The maximum atomic E-state index is 10.2. The number of allylic oxidation sites excluding steroid dienone is 1. The predicted molar refractivity (Wildman–Crippen MR) is 48.5 cm³/mol. The van der Waals surface area contributed by atoms with Crippen LogP contribution in [0, 0.1) is 10.1 Å². The number of nitro groups is 1. The lowest BCUT2D eigenvalue weighted by Gasteiger charge is -1.84. The minimum atomic E-state index is -0.697. The number of carbonyl (C=O) groups is 1. The van der Waals surface area contributed by atoms with Crippen LogP contribution in [0.4, 0.5) is 5.88 Å². The molecular formula is C8H6N2O5. The van der Waals surface area contributed by atoms with E-state index < -0.39 is 10.8 Å². The summed E-state index contributed by atoms with van der Waals surface area (Å²) in [6.45, 7) is 0. The van der Waals surface area contributed by atoms with Crippen molar-refractivity contribution in [3.8, 4) is 0 Å². The van der Waals surface area contributed by atoms with E-state index in [2.05, 4.69) is 9.68 Å². The molecule has 0 atom stereocenters. The summed E-state index contributed by atoms with van der Waals surface area (Å²) < 4.78 is 9.08. The summed E-state index contributed by atoms with van der Waals surface area (Å²) in [7, 11) is 0. The first kappa shape index (κ1) is 10.6. The van der Waals surface area contributed by atoms with Crippen molar-refractivity contribution in [2.24, 2.45) is 0 Å². The second-order valence-corrected chi connectivity index (χ2v) is 2.25. The van der Waals surface area contributed by atoms with E-state index in [1.807, 2.05) is 0 Å². The topological polar surface area (TPSA) is 95.5 Å². The lowest BCUT2D eigenvalue weighted by molar-refractivity contribution is -0.404. The van der Waals surface area contributed by atoms with Crippen molar-refractivity contribution in [3.05, 3.63) is 40.5 Å². The molecule has 1 heterocycles. The lowest BCUT2D eigenvalue weighted by atomic mass is 10.4. The Bertz CT molecular complexity index is 407. The Balaban J connectivity index is 2.53. The van der Waals surface area contributed by atoms with E-state index in [1.165, 1.54) is 12.3 Å². The summed E-state index contributed by atoms with van der Waals surface area (Å²) in [5, 5.41) is 13.6. The highest BCUT2D eigenvalue weighted by atomic mass is 16.7. The van der Waals surface area contributed by atoms with Crippen LogP contribution in [-0.2, 0) is 9.53 Å². The molecule has 0 bridgehead atoms. The molecule has 7 nitrogen and oxygen atoms in total. The third-order valence-electron chi connectivity index (χ3n) is 1.25. The molecule has 0 fully saturated rings. The summed E-state index contributed by atoms with van der Waals surface area (Å²) in [5.41, 5.74) is 0.251. The highest BCUT2D eigenvalue weighted by Crippen LogP contribution is 2.12. The normalized spacial score (nSPS) is 10.9. The molecular weight excluding hydrogens is 204 g/mol. The monoisotopic (exact) mass is 210 g/mol. The molecule has 0 radical (unpaired) electrons. The predicted octanol–water partition coefficient (Wildman–Crippen LogP) is 1.28. The van der Waals surface area contributed by atoms with E-state index in [0.717, 1.165) is 18.4 Å². The zero-order valence-corrected chi connectivity index (χ0v) is 7.40. The summed E-state index contributed by atoms with van der Waals surface area (Å²) in [6.07, 6.45) is 5.41. The molecule has 0 aromatic carbocycles. The number of nitrogens with zero attached hydrogens (tertiary/aromatic N) is 2. The van der Waals surface area contributed by atoms with E-state index >= 15 is 0 Å². The smallest absolute Gasteiger partial charge is 0.456 e. The van der Waals surface area contributed by atoms with E-state index in [1.54, 1.807) is 0 Å².